The zero-order valence-electron chi connectivity index (χ0n) is 9.76. The first-order valence-corrected chi connectivity index (χ1v) is 5.50. The number of ketones is 1. The smallest absolute Gasteiger partial charge is 0.136 e. The number of carbonyl (C=O) groups excluding carboxylic acids is 1. The Kier molecular flexibility index (Phi) is 6.02. The maximum atomic E-state index is 11.7. The predicted octanol–water partition coefficient (Wildman–Crippen LogP) is 3.67. The lowest BCUT2D eigenvalue weighted by molar-refractivity contribution is -0.124. The van der Waals surface area contributed by atoms with Crippen LogP contribution in [-0.4, -0.2) is 5.78 Å². The van der Waals surface area contributed by atoms with E-state index in [-0.39, 0.29) is 0 Å². The van der Waals surface area contributed by atoms with E-state index in [1.54, 1.807) is 0 Å². The third-order valence-electron chi connectivity index (χ3n) is 2.31. The normalized spacial score (nSPS) is 13.8. The van der Waals surface area contributed by atoms with E-state index in [0.717, 1.165) is 19.3 Å². The quantitative estimate of drug-likeness (QED) is 0.615. The Morgan fingerprint density at radius 3 is 1.92 bits per heavy atom. The van der Waals surface area contributed by atoms with Gasteiger partial charge in [0.1, 0.15) is 5.78 Å². The van der Waals surface area contributed by atoms with Gasteiger partial charge in [0.15, 0.2) is 0 Å². The molecule has 0 heterocycles. The fraction of sp³-hybridized carbons (Fsp3) is 0.917. The molecule has 0 saturated carbocycles. The Bertz CT molecular complexity index is 147. The molecule has 0 aliphatic rings. The molecule has 0 aromatic heterocycles. The molecular weight excluding hydrogens is 160 g/mol. The first-order valence-electron chi connectivity index (χ1n) is 5.50. The molecule has 0 bridgehead atoms. The molecule has 1 unspecified atom stereocenters. The number of hydrogen-bond acceptors (Lipinski definition) is 1. The second-order valence-corrected chi connectivity index (χ2v) is 4.80. The first kappa shape index (κ1) is 12.7. The third-order valence-corrected chi connectivity index (χ3v) is 2.31. The molecule has 0 N–H and O–H groups in total. The molecule has 1 heteroatoms. The van der Waals surface area contributed by atoms with E-state index < -0.39 is 0 Å². The lowest BCUT2D eigenvalue weighted by Crippen LogP contribution is -2.17. The minimum Gasteiger partial charge on any atom is -0.299 e. The van der Waals surface area contributed by atoms with Crippen LogP contribution < -0.4 is 0 Å². The van der Waals surface area contributed by atoms with E-state index in [4.69, 9.17) is 0 Å². The summed E-state index contributed by atoms with van der Waals surface area (Å²) in [4.78, 5) is 11.7. The summed E-state index contributed by atoms with van der Waals surface area (Å²) in [6.07, 6.45) is 2.82. The van der Waals surface area contributed by atoms with Gasteiger partial charge in [-0.2, -0.15) is 0 Å². The van der Waals surface area contributed by atoms with Crippen LogP contribution >= 0.6 is 0 Å². The average Bonchev–Trinajstić information content (AvgIpc) is 1.98. The van der Waals surface area contributed by atoms with Crippen LogP contribution in [0.25, 0.3) is 0 Å². The van der Waals surface area contributed by atoms with Crippen LogP contribution in [0, 0.1) is 17.8 Å². The second kappa shape index (κ2) is 6.17. The van der Waals surface area contributed by atoms with Crippen LogP contribution in [0.4, 0.5) is 0 Å². The van der Waals surface area contributed by atoms with E-state index >= 15 is 0 Å². The molecule has 0 aromatic rings. The van der Waals surface area contributed by atoms with E-state index in [1.165, 1.54) is 0 Å². The van der Waals surface area contributed by atoms with Gasteiger partial charge in [-0.3, -0.25) is 4.79 Å². The molecule has 0 radical (unpaired) electrons. The predicted molar refractivity (Wildman–Crippen MR) is 57.7 cm³/mol. The van der Waals surface area contributed by atoms with Crippen molar-refractivity contribution in [2.75, 3.05) is 0 Å². The van der Waals surface area contributed by atoms with Crippen LogP contribution in [0.15, 0.2) is 0 Å². The Morgan fingerprint density at radius 1 is 1.08 bits per heavy atom. The molecule has 1 atom stereocenters. The molecule has 0 aliphatic heterocycles. The van der Waals surface area contributed by atoms with Gasteiger partial charge >= 0.3 is 0 Å². The molecule has 0 fully saturated rings. The summed E-state index contributed by atoms with van der Waals surface area (Å²) in [5.74, 6) is 1.92. The minimum atomic E-state index is 0.308. The highest BCUT2D eigenvalue weighted by Gasteiger charge is 2.18. The van der Waals surface area contributed by atoms with Gasteiger partial charge in [-0.15, -0.1) is 0 Å². The van der Waals surface area contributed by atoms with Crippen LogP contribution in [0.3, 0.4) is 0 Å². The first-order chi connectivity index (χ1) is 5.97. The van der Waals surface area contributed by atoms with Crippen LogP contribution in [0.1, 0.15) is 53.9 Å². The SMILES string of the molecule is CCC(CC(C)C)C(=O)CC(C)C. The van der Waals surface area contributed by atoms with Crippen molar-refractivity contribution in [3.05, 3.63) is 0 Å². The van der Waals surface area contributed by atoms with E-state index in [2.05, 4.69) is 34.6 Å². The highest BCUT2D eigenvalue weighted by atomic mass is 16.1. The van der Waals surface area contributed by atoms with Crippen molar-refractivity contribution in [3.8, 4) is 0 Å². The molecule has 0 spiro atoms. The number of carbonyl (C=O) groups is 1. The van der Waals surface area contributed by atoms with Gasteiger partial charge in [-0.25, -0.2) is 0 Å². The zero-order valence-corrected chi connectivity index (χ0v) is 9.76. The molecular formula is C12H24O. The molecule has 0 saturated heterocycles. The maximum absolute atomic E-state index is 11.7. The van der Waals surface area contributed by atoms with Crippen LogP contribution in [0.5, 0.6) is 0 Å². The topological polar surface area (TPSA) is 17.1 Å². The Morgan fingerprint density at radius 2 is 1.62 bits per heavy atom. The van der Waals surface area contributed by atoms with Gasteiger partial charge in [-0.05, 0) is 24.7 Å². The molecule has 1 nitrogen and oxygen atoms in total. The molecule has 13 heavy (non-hydrogen) atoms. The number of hydrogen-bond donors (Lipinski definition) is 0. The van der Waals surface area contributed by atoms with E-state index in [1.807, 2.05) is 0 Å². The Hall–Kier alpha value is -0.330. The highest BCUT2D eigenvalue weighted by Crippen LogP contribution is 2.19. The number of Topliss-reactive ketones (excluding diaryl/α,β-unsaturated/α-hetero) is 1. The van der Waals surface area contributed by atoms with Crippen LogP contribution in [-0.2, 0) is 4.79 Å². The van der Waals surface area contributed by atoms with Crippen molar-refractivity contribution in [2.24, 2.45) is 17.8 Å². The molecule has 0 aromatic carbocycles. The monoisotopic (exact) mass is 184 g/mol. The number of rotatable bonds is 6. The van der Waals surface area contributed by atoms with Gasteiger partial charge in [-0.1, -0.05) is 34.6 Å². The second-order valence-electron chi connectivity index (χ2n) is 4.80. The van der Waals surface area contributed by atoms with Gasteiger partial charge in [0, 0.05) is 12.3 Å². The van der Waals surface area contributed by atoms with Crippen molar-refractivity contribution in [2.45, 2.75) is 53.9 Å². The standard InChI is InChI=1S/C12H24O/c1-6-11(7-9(2)3)12(13)8-10(4)5/h9-11H,6-8H2,1-5H3. The summed E-state index contributed by atoms with van der Waals surface area (Å²) in [7, 11) is 0. The minimum absolute atomic E-state index is 0.308. The fourth-order valence-electron chi connectivity index (χ4n) is 1.66. The van der Waals surface area contributed by atoms with Gasteiger partial charge in [0.2, 0.25) is 0 Å². The van der Waals surface area contributed by atoms with Crippen molar-refractivity contribution < 1.29 is 4.79 Å². The lowest BCUT2D eigenvalue weighted by atomic mass is 9.87. The van der Waals surface area contributed by atoms with Crippen molar-refractivity contribution >= 4 is 5.78 Å². The molecule has 0 amide bonds. The van der Waals surface area contributed by atoms with E-state index in [9.17, 15) is 4.79 Å². The maximum Gasteiger partial charge on any atom is 0.136 e. The molecule has 0 aliphatic carbocycles. The summed E-state index contributed by atoms with van der Waals surface area (Å²) in [6, 6.07) is 0. The largest absolute Gasteiger partial charge is 0.299 e. The Labute approximate surface area is 82.9 Å². The third kappa shape index (κ3) is 5.84. The molecule has 0 rings (SSSR count). The van der Waals surface area contributed by atoms with Crippen molar-refractivity contribution in [1.29, 1.82) is 0 Å². The summed E-state index contributed by atoms with van der Waals surface area (Å²) in [5, 5.41) is 0. The highest BCUT2D eigenvalue weighted by molar-refractivity contribution is 5.81. The summed E-state index contributed by atoms with van der Waals surface area (Å²) in [6.45, 7) is 10.7. The Balaban J connectivity index is 3.99. The summed E-state index contributed by atoms with van der Waals surface area (Å²) < 4.78 is 0. The fourth-order valence-corrected chi connectivity index (χ4v) is 1.66. The van der Waals surface area contributed by atoms with E-state index in [0.29, 0.717) is 23.5 Å². The van der Waals surface area contributed by atoms with Crippen LogP contribution in [0.2, 0.25) is 0 Å². The average molecular weight is 184 g/mol. The summed E-state index contributed by atoms with van der Waals surface area (Å²) >= 11 is 0. The van der Waals surface area contributed by atoms with Gasteiger partial charge in [0.25, 0.3) is 0 Å². The van der Waals surface area contributed by atoms with Gasteiger partial charge < -0.3 is 0 Å². The van der Waals surface area contributed by atoms with Crippen molar-refractivity contribution in [1.82, 2.24) is 0 Å². The zero-order chi connectivity index (χ0) is 10.4. The lowest BCUT2D eigenvalue weighted by Gasteiger charge is -2.16. The summed E-state index contributed by atoms with van der Waals surface area (Å²) in [5.41, 5.74) is 0. The molecule has 78 valence electrons. The van der Waals surface area contributed by atoms with Gasteiger partial charge in [0.05, 0.1) is 0 Å². The van der Waals surface area contributed by atoms with Crippen molar-refractivity contribution in [3.63, 3.8) is 0 Å².